The van der Waals surface area contributed by atoms with Crippen molar-refractivity contribution in [3.05, 3.63) is 30.0 Å². The molecule has 2 rings (SSSR count). The summed E-state index contributed by atoms with van der Waals surface area (Å²) in [4.78, 5) is 24.9. The molecule has 0 spiro atoms. The Morgan fingerprint density at radius 1 is 1.14 bits per heavy atom. The zero-order valence-electron chi connectivity index (χ0n) is 12.9. The van der Waals surface area contributed by atoms with Crippen LogP contribution in [-0.2, 0) is 16.0 Å². The van der Waals surface area contributed by atoms with Gasteiger partial charge in [-0.1, -0.05) is 0 Å². The van der Waals surface area contributed by atoms with Gasteiger partial charge >= 0.3 is 0 Å². The number of nitrogens with one attached hydrogen (secondary N) is 3. The van der Waals surface area contributed by atoms with Crippen LogP contribution in [0.4, 0.5) is 0 Å². The maximum Gasteiger partial charge on any atom is 0.216 e. The first-order valence-corrected chi connectivity index (χ1v) is 7.28. The van der Waals surface area contributed by atoms with E-state index in [1.54, 1.807) is 0 Å². The standard InChI is InChI=1S/C16H21N3O3/c1-11(20)17-6-5-13-10-19-16-4-3-14(9-15(13)16)22-8-7-18-12(2)21/h3-4,9-10,19H,5-8H2,1-2H3,(H,17,20)(H,18,21). The number of rotatable bonds is 7. The van der Waals surface area contributed by atoms with E-state index in [1.807, 2.05) is 24.4 Å². The first-order chi connectivity index (χ1) is 10.6. The highest BCUT2D eigenvalue weighted by Crippen LogP contribution is 2.24. The molecule has 0 saturated carbocycles. The number of amides is 2. The fourth-order valence-electron chi connectivity index (χ4n) is 2.22. The molecule has 0 radical (unpaired) electrons. The van der Waals surface area contributed by atoms with Crippen molar-refractivity contribution in [2.24, 2.45) is 0 Å². The highest BCUT2D eigenvalue weighted by Gasteiger charge is 2.06. The van der Waals surface area contributed by atoms with Crippen LogP contribution in [0.3, 0.4) is 0 Å². The quantitative estimate of drug-likeness (QED) is 0.675. The van der Waals surface area contributed by atoms with E-state index >= 15 is 0 Å². The number of H-pyrrole nitrogens is 1. The number of hydrogen-bond acceptors (Lipinski definition) is 3. The number of fused-ring (bicyclic) bond motifs is 1. The van der Waals surface area contributed by atoms with E-state index in [0.717, 1.165) is 28.6 Å². The van der Waals surface area contributed by atoms with Crippen molar-refractivity contribution in [2.75, 3.05) is 19.7 Å². The van der Waals surface area contributed by atoms with Crippen LogP contribution in [0.15, 0.2) is 24.4 Å². The molecule has 118 valence electrons. The number of carbonyl (C=O) groups excluding carboxylic acids is 2. The molecule has 0 fully saturated rings. The molecule has 0 bridgehead atoms. The number of carbonyl (C=O) groups is 2. The largest absolute Gasteiger partial charge is 0.492 e. The lowest BCUT2D eigenvalue weighted by Crippen LogP contribution is -2.25. The topological polar surface area (TPSA) is 83.2 Å². The number of ether oxygens (including phenoxy) is 1. The van der Waals surface area contributed by atoms with Crippen molar-refractivity contribution in [3.8, 4) is 5.75 Å². The lowest BCUT2D eigenvalue weighted by atomic mass is 10.1. The molecule has 1 aromatic heterocycles. The molecule has 0 aliphatic carbocycles. The SMILES string of the molecule is CC(=O)NCCOc1ccc2[nH]cc(CCNC(C)=O)c2c1. The van der Waals surface area contributed by atoms with Crippen LogP contribution in [0.1, 0.15) is 19.4 Å². The summed E-state index contributed by atoms with van der Waals surface area (Å²) in [7, 11) is 0. The molecule has 3 N–H and O–H groups in total. The molecule has 1 heterocycles. The van der Waals surface area contributed by atoms with Gasteiger partial charge in [-0.25, -0.2) is 0 Å². The van der Waals surface area contributed by atoms with Crippen LogP contribution >= 0.6 is 0 Å². The van der Waals surface area contributed by atoms with Crippen molar-refractivity contribution < 1.29 is 14.3 Å². The summed E-state index contributed by atoms with van der Waals surface area (Å²) in [6.07, 6.45) is 2.71. The second kappa shape index (κ2) is 7.49. The summed E-state index contributed by atoms with van der Waals surface area (Å²) < 4.78 is 5.63. The Labute approximate surface area is 129 Å². The van der Waals surface area contributed by atoms with Crippen molar-refractivity contribution in [3.63, 3.8) is 0 Å². The van der Waals surface area contributed by atoms with Crippen molar-refractivity contribution in [1.29, 1.82) is 0 Å². The summed E-state index contributed by atoms with van der Waals surface area (Å²) in [6, 6.07) is 5.83. The third-order valence-electron chi connectivity index (χ3n) is 3.25. The van der Waals surface area contributed by atoms with E-state index in [4.69, 9.17) is 4.74 Å². The molecule has 0 atom stereocenters. The monoisotopic (exact) mass is 303 g/mol. The second-order valence-electron chi connectivity index (χ2n) is 5.09. The normalized spacial score (nSPS) is 10.5. The van der Waals surface area contributed by atoms with Crippen molar-refractivity contribution >= 4 is 22.7 Å². The zero-order chi connectivity index (χ0) is 15.9. The van der Waals surface area contributed by atoms with E-state index in [2.05, 4.69) is 15.6 Å². The molecule has 2 aromatic rings. The third-order valence-corrected chi connectivity index (χ3v) is 3.25. The van der Waals surface area contributed by atoms with Gasteiger partial charge in [0.1, 0.15) is 12.4 Å². The minimum Gasteiger partial charge on any atom is -0.492 e. The molecule has 22 heavy (non-hydrogen) atoms. The van der Waals surface area contributed by atoms with E-state index in [-0.39, 0.29) is 11.8 Å². The summed E-state index contributed by atoms with van der Waals surface area (Å²) in [5, 5.41) is 6.56. The molecule has 0 unspecified atom stereocenters. The lowest BCUT2D eigenvalue weighted by Gasteiger charge is -2.07. The first-order valence-electron chi connectivity index (χ1n) is 7.28. The summed E-state index contributed by atoms with van der Waals surface area (Å²) in [5.41, 5.74) is 2.17. The fourth-order valence-corrected chi connectivity index (χ4v) is 2.22. The third kappa shape index (κ3) is 4.51. The Morgan fingerprint density at radius 3 is 2.59 bits per heavy atom. The molecule has 0 aliphatic heterocycles. The van der Waals surface area contributed by atoms with Crippen LogP contribution in [-0.4, -0.2) is 36.5 Å². The minimum atomic E-state index is -0.0649. The fraction of sp³-hybridized carbons (Fsp3) is 0.375. The molecule has 1 aromatic carbocycles. The predicted octanol–water partition coefficient (Wildman–Crippen LogP) is 1.36. The van der Waals surface area contributed by atoms with Crippen LogP contribution in [0.5, 0.6) is 5.75 Å². The summed E-state index contributed by atoms with van der Waals surface area (Å²) in [6.45, 7) is 4.51. The molecular weight excluding hydrogens is 282 g/mol. The lowest BCUT2D eigenvalue weighted by molar-refractivity contribution is -0.119. The minimum absolute atomic E-state index is 0.0261. The Bertz CT molecular complexity index is 664. The maximum absolute atomic E-state index is 10.9. The van der Waals surface area contributed by atoms with E-state index in [0.29, 0.717) is 19.7 Å². The van der Waals surface area contributed by atoms with Gasteiger partial charge in [0.05, 0.1) is 6.54 Å². The maximum atomic E-state index is 10.9. The van der Waals surface area contributed by atoms with Crippen LogP contribution in [0.2, 0.25) is 0 Å². The zero-order valence-corrected chi connectivity index (χ0v) is 12.9. The molecule has 6 nitrogen and oxygen atoms in total. The van der Waals surface area contributed by atoms with Gasteiger partial charge in [0.15, 0.2) is 0 Å². The van der Waals surface area contributed by atoms with Gasteiger partial charge in [0.2, 0.25) is 11.8 Å². The van der Waals surface area contributed by atoms with E-state index < -0.39 is 0 Å². The van der Waals surface area contributed by atoms with Gasteiger partial charge in [-0.05, 0) is 30.2 Å². The summed E-state index contributed by atoms with van der Waals surface area (Å²) >= 11 is 0. The Morgan fingerprint density at radius 2 is 1.86 bits per heavy atom. The van der Waals surface area contributed by atoms with Gasteiger partial charge in [0.25, 0.3) is 0 Å². The predicted molar refractivity (Wildman–Crippen MR) is 84.9 cm³/mol. The van der Waals surface area contributed by atoms with Crippen molar-refractivity contribution in [1.82, 2.24) is 15.6 Å². The Balaban J connectivity index is 1.98. The molecule has 0 aliphatic rings. The Kier molecular flexibility index (Phi) is 5.41. The number of aromatic nitrogens is 1. The Hall–Kier alpha value is -2.50. The smallest absolute Gasteiger partial charge is 0.216 e. The van der Waals surface area contributed by atoms with Crippen LogP contribution in [0.25, 0.3) is 10.9 Å². The van der Waals surface area contributed by atoms with E-state index in [1.165, 1.54) is 13.8 Å². The van der Waals surface area contributed by atoms with E-state index in [9.17, 15) is 9.59 Å². The molecular formula is C16H21N3O3. The van der Waals surface area contributed by atoms with Gasteiger partial charge in [-0.2, -0.15) is 0 Å². The van der Waals surface area contributed by atoms with Gasteiger partial charge < -0.3 is 20.4 Å². The number of aromatic amines is 1. The van der Waals surface area contributed by atoms with Gasteiger partial charge in [0, 0.05) is 37.5 Å². The molecule has 0 saturated heterocycles. The first kappa shape index (κ1) is 15.9. The molecule has 6 heteroatoms. The average Bonchev–Trinajstić information content (AvgIpc) is 2.86. The van der Waals surface area contributed by atoms with Crippen molar-refractivity contribution in [2.45, 2.75) is 20.3 Å². The van der Waals surface area contributed by atoms with Crippen LogP contribution in [0, 0.1) is 0 Å². The highest BCUT2D eigenvalue weighted by molar-refractivity contribution is 5.84. The average molecular weight is 303 g/mol. The number of benzene rings is 1. The number of hydrogen-bond donors (Lipinski definition) is 3. The second-order valence-corrected chi connectivity index (χ2v) is 5.09. The van der Waals surface area contributed by atoms with Crippen LogP contribution < -0.4 is 15.4 Å². The highest BCUT2D eigenvalue weighted by atomic mass is 16.5. The summed E-state index contributed by atoms with van der Waals surface area (Å²) in [5.74, 6) is 0.671. The van der Waals surface area contributed by atoms with Gasteiger partial charge in [-0.15, -0.1) is 0 Å². The van der Waals surface area contributed by atoms with Gasteiger partial charge in [-0.3, -0.25) is 9.59 Å². The molecule has 2 amide bonds.